The Kier molecular flexibility index (Phi) is 4.62. The van der Waals surface area contributed by atoms with E-state index < -0.39 is 12.1 Å². The standard InChI is InChI=1S/C16H20N2O3/c1-10-4-5-15-14(8-10)13(9-18-15)6-7-17-16(20)11(2)21-12(3)19/h4-5,8-9,11,18H,6-7H2,1-3H3,(H,17,20)/t11-/m0/s1. The first-order chi connectivity index (χ1) is 9.97. The third-order valence-corrected chi connectivity index (χ3v) is 3.33. The quantitative estimate of drug-likeness (QED) is 0.828. The minimum atomic E-state index is -0.757. The Hall–Kier alpha value is -2.30. The summed E-state index contributed by atoms with van der Waals surface area (Å²) in [5.41, 5.74) is 3.46. The number of hydrogen-bond acceptors (Lipinski definition) is 3. The zero-order chi connectivity index (χ0) is 15.4. The van der Waals surface area contributed by atoms with Crippen molar-refractivity contribution in [2.75, 3.05) is 6.54 Å². The molecule has 0 aliphatic heterocycles. The van der Waals surface area contributed by atoms with Crippen LogP contribution >= 0.6 is 0 Å². The number of esters is 1. The molecular formula is C16H20N2O3. The van der Waals surface area contributed by atoms with Gasteiger partial charge in [-0.3, -0.25) is 9.59 Å². The number of ether oxygens (including phenoxy) is 1. The average molecular weight is 288 g/mol. The molecule has 1 atom stereocenters. The van der Waals surface area contributed by atoms with Crippen LogP contribution in [0.2, 0.25) is 0 Å². The van der Waals surface area contributed by atoms with E-state index in [1.54, 1.807) is 6.92 Å². The molecule has 0 spiro atoms. The topological polar surface area (TPSA) is 71.2 Å². The molecule has 1 amide bonds. The van der Waals surface area contributed by atoms with E-state index in [2.05, 4.69) is 35.4 Å². The molecule has 5 nitrogen and oxygen atoms in total. The van der Waals surface area contributed by atoms with Gasteiger partial charge in [-0.1, -0.05) is 11.6 Å². The molecule has 0 unspecified atom stereocenters. The highest BCUT2D eigenvalue weighted by atomic mass is 16.5. The van der Waals surface area contributed by atoms with Crippen LogP contribution in [0.1, 0.15) is 25.0 Å². The summed E-state index contributed by atoms with van der Waals surface area (Å²) in [6.45, 7) is 5.41. The fourth-order valence-corrected chi connectivity index (χ4v) is 2.27. The number of amides is 1. The molecule has 0 saturated heterocycles. The van der Waals surface area contributed by atoms with Crippen LogP contribution in [0.25, 0.3) is 10.9 Å². The highest BCUT2D eigenvalue weighted by Crippen LogP contribution is 2.19. The van der Waals surface area contributed by atoms with Crippen molar-refractivity contribution < 1.29 is 14.3 Å². The van der Waals surface area contributed by atoms with Gasteiger partial charge in [-0.15, -0.1) is 0 Å². The largest absolute Gasteiger partial charge is 0.453 e. The predicted octanol–water partition coefficient (Wildman–Crippen LogP) is 2.09. The number of aromatic amines is 1. The number of aromatic nitrogens is 1. The van der Waals surface area contributed by atoms with Crippen LogP contribution in [0.3, 0.4) is 0 Å². The van der Waals surface area contributed by atoms with Crippen molar-refractivity contribution in [1.29, 1.82) is 0 Å². The van der Waals surface area contributed by atoms with Crippen LogP contribution in [-0.4, -0.2) is 29.5 Å². The van der Waals surface area contributed by atoms with E-state index in [9.17, 15) is 9.59 Å². The first-order valence-electron chi connectivity index (χ1n) is 6.99. The Bertz CT molecular complexity index is 661. The maximum absolute atomic E-state index is 11.7. The molecule has 0 saturated carbocycles. The molecule has 2 rings (SSSR count). The van der Waals surface area contributed by atoms with Crippen molar-refractivity contribution in [3.8, 4) is 0 Å². The predicted molar refractivity (Wildman–Crippen MR) is 81.0 cm³/mol. The van der Waals surface area contributed by atoms with Crippen molar-refractivity contribution in [2.24, 2.45) is 0 Å². The summed E-state index contributed by atoms with van der Waals surface area (Å²) in [5.74, 6) is -0.731. The van der Waals surface area contributed by atoms with E-state index in [0.29, 0.717) is 6.54 Å². The van der Waals surface area contributed by atoms with Gasteiger partial charge in [0.1, 0.15) is 0 Å². The van der Waals surface area contributed by atoms with Crippen LogP contribution in [-0.2, 0) is 20.7 Å². The number of carbonyl (C=O) groups is 2. The maximum atomic E-state index is 11.7. The number of hydrogen-bond donors (Lipinski definition) is 2. The summed E-state index contributed by atoms with van der Waals surface area (Å²) < 4.78 is 4.83. The molecule has 1 heterocycles. The molecule has 0 radical (unpaired) electrons. The van der Waals surface area contributed by atoms with Crippen molar-refractivity contribution in [2.45, 2.75) is 33.3 Å². The van der Waals surface area contributed by atoms with Crippen LogP contribution < -0.4 is 5.32 Å². The number of benzene rings is 1. The number of rotatable bonds is 5. The highest BCUT2D eigenvalue weighted by molar-refractivity contribution is 5.84. The summed E-state index contributed by atoms with van der Waals surface area (Å²) in [6.07, 6.45) is 1.93. The zero-order valence-electron chi connectivity index (χ0n) is 12.5. The molecular weight excluding hydrogens is 268 g/mol. The summed E-state index contributed by atoms with van der Waals surface area (Å²) in [5, 5.41) is 3.95. The molecule has 0 aliphatic rings. The summed E-state index contributed by atoms with van der Waals surface area (Å²) >= 11 is 0. The molecule has 5 heteroatoms. The minimum Gasteiger partial charge on any atom is -0.453 e. The Morgan fingerprint density at radius 1 is 1.38 bits per heavy atom. The van der Waals surface area contributed by atoms with Gasteiger partial charge in [0.25, 0.3) is 5.91 Å². The van der Waals surface area contributed by atoms with Gasteiger partial charge in [-0.25, -0.2) is 0 Å². The lowest BCUT2D eigenvalue weighted by Crippen LogP contribution is -2.36. The SMILES string of the molecule is CC(=O)O[C@@H](C)C(=O)NCCc1c[nH]c2ccc(C)cc12. The summed E-state index contributed by atoms with van der Waals surface area (Å²) in [4.78, 5) is 25.7. The zero-order valence-corrected chi connectivity index (χ0v) is 12.5. The second-order valence-corrected chi connectivity index (χ2v) is 5.16. The van der Waals surface area contributed by atoms with E-state index in [4.69, 9.17) is 4.74 Å². The Morgan fingerprint density at radius 2 is 2.14 bits per heavy atom. The lowest BCUT2D eigenvalue weighted by molar-refractivity contribution is -0.152. The second kappa shape index (κ2) is 6.43. The monoisotopic (exact) mass is 288 g/mol. The molecule has 0 fully saturated rings. The van der Waals surface area contributed by atoms with Gasteiger partial charge >= 0.3 is 5.97 Å². The van der Waals surface area contributed by atoms with Crippen molar-refractivity contribution in [1.82, 2.24) is 10.3 Å². The van der Waals surface area contributed by atoms with Gasteiger partial charge in [-0.2, -0.15) is 0 Å². The van der Waals surface area contributed by atoms with E-state index in [0.717, 1.165) is 17.5 Å². The molecule has 1 aromatic heterocycles. The molecule has 0 aliphatic carbocycles. The van der Waals surface area contributed by atoms with Gasteiger partial charge in [0.05, 0.1) is 0 Å². The van der Waals surface area contributed by atoms with Crippen molar-refractivity contribution in [3.63, 3.8) is 0 Å². The van der Waals surface area contributed by atoms with Crippen LogP contribution in [0.15, 0.2) is 24.4 Å². The number of nitrogens with one attached hydrogen (secondary N) is 2. The molecule has 1 aromatic carbocycles. The fraction of sp³-hybridized carbons (Fsp3) is 0.375. The molecule has 2 aromatic rings. The fourth-order valence-electron chi connectivity index (χ4n) is 2.27. The third kappa shape index (κ3) is 3.84. The average Bonchev–Trinajstić information content (AvgIpc) is 2.80. The van der Waals surface area contributed by atoms with Gasteiger partial charge in [0.15, 0.2) is 6.10 Å². The number of H-pyrrole nitrogens is 1. The first-order valence-corrected chi connectivity index (χ1v) is 6.99. The van der Waals surface area contributed by atoms with E-state index >= 15 is 0 Å². The summed E-state index contributed by atoms with van der Waals surface area (Å²) in [6, 6.07) is 6.24. The van der Waals surface area contributed by atoms with E-state index in [1.165, 1.54) is 17.9 Å². The van der Waals surface area contributed by atoms with Crippen molar-refractivity contribution in [3.05, 3.63) is 35.5 Å². The molecule has 112 valence electrons. The van der Waals surface area contributed by atoms with Gasteiger partial charge in [-0.05, 0) is 38.0 Å². The molecule has 0 bridgehead atoms. The smallest absolute Gasteiger partial charge is 0.303 e. The van der Waals surface area contributed by atoms with Crippen LogP contribution in [0.4, 0.5) is 0 Å². The number of aryl methyl sites for hydroxylation is 1. The van der Waals surface area contributed by atoms with Crippen LogP contribution in [0, 0.1) is 6.92 Å². The van der Waals surface area contributed by atoms with Gasteiger partial charge in [0, 0.05) is 30.6 Å². The second-order valence-electron chi connectivity index (χ2n) is 5.16. The van der Waals surface area contributed by atoms with Crippen molar-refractivity contribution >= 4 is 22.8 Å². The number of fused-ring (bicyclic) bond motifs is 1. The maximum Gasteiger partial charge on any atom is 0.303 e. The molecule has 2 N–H and O–H groups in total. The summed E-state index contributed by atoms with van der Waals surface area (Å²) in [7, 11) is 0. The first kappa shape index (κ1) is 15.1. The normalized spacial score (nSPS) is 12.1. The highest BCUT2D eigenvalue weighted by Gasteiger charge is 2.15. The Labute approximate surface area is 123 Å². The Balaban J connectivity index is 1.92. The molecule has 21 heavy (non-hydrogen) atoms. The third-order valence-electron chi connectivity index (χ3n) is 3.33. The van der Waals surface area contributed by atoms with Gasteiger partial charge < -0.3 is 15.0 Å². The van der Waals surface area contributed by atoms with E-state index in [1.807, 2.05) is 6.20 Å². The van der Waals surface area contributed by atoms with Gasteiger partial charge in [0.2, 0.25) is 0 Å². The lowest BCUT2D eigenvalue weighted by atomic mass is 10.1. The minimum absolute atomic E-state index is 0.277. The number of carbonyl (C=O) groups excluding carboxylic acids is 2. The van der Waals surface area contributed by atoms with Crippen LogP contribution in [0.5, 0.6) is 0 Å². The Morgan fingerprint density at radius 3 is 2.86 bits per heavy atom. The lowest BCUT2D eigenvalue weighted by Gasteiger charge is -2.11. The van der Waals surface area contributed by atoms with E-state index in [-0.39, 0.29) is 5.91 Å².